The second-order valence-electron chi connectivity index (χ2n) is 4.65. The molecule has 1 aromatic carbocycles. The number of nitrogens with zero attached hydrogens (tertiary/aromatic N) is 2. The fourth-order valence-electron chi connectivity index (χ4n) is 1.87. The molecule has 0 aliphatic heterocycles. The van der Waals surface area contributed by atoms with Gasteiger partial charge in [0.15, 0.2) is 0 Å². The summed E-state index contributed by atoms with van der Waals surface area (Å²) >= 11 is 0. The lowest BCUT2D eigenvalue weighted by molar-refractivity contribution is 0.318. The number of hydrogen-bond acceptors (Lipinski definition) is 3. The molecule has 0 fully saturated rings. The topological polar surface area (TPSA) is 39.1 Å². The summed E-state index contributed by atoms with van der Waals surface area (Å²) in [4.78, 5) is 0. The van der Waals surface area contributed by atoms with Crippen LogP contribution in [0.3, 0.4) is 0 Å². The Balaban J connectivity index is 2.08. The quantitative estimate of drug-likeness (QED) is 0.866. The highest BCUT2D eigenvalue weighted by molar-refractivity contribution is 5.57. The van der Waals surface area contributed by atoms with Crippen LogP contribution >= 0.6 is 0 Å². The molecule has 0 spiro atoms. The predicted octanol–water partition coefficient (Wildman–Crippen LogP) is 3.13. The van der Waals surface area contributed by atoms with Crippen LogP contribution in [0.5, 0.6) is 5.75 Å². The Morgan fingerprint density at radius 3 is 2.84 bits per heavy atom. The molecule has 1 heterocycles. The first-order valence-electron chi connectivity index (χ1n) is 6.65. The van der Waals surface area contributed by atoms with Gasteiger partial charge in [0.05, 0.1) is 24.5 Å². The van der Waals surface area contributed by atoms with Gasteiger partial charge in [0.2, 0.25) is 0 Å². The molecular weight excluding hydrogens is 238 g/mol. The van der Waals surface area contributed by atoms with Crippen molar-refractivity contribution in [1.29, 1.82) is 0 Å². The minimum Gasteiger partial charge on any atom is -0.491 e. The molecule has 0 aliphatic rings. The summed E-state index contributed by atoms with van der Waals surface area (Å²) < 4.78 is 7.65. The van der Waals surface area contributed by atoms with E-state index in [1.165, 1.54) is 5.56 Å². The van der Waals surface area contributed by atoms with Crippen LogP contribution in [0, 0.1) is 6.92 Å². The molecule has 1 aromatic heterocycles. The summed E-state index contributed by atoms with van der Waals surface area (Å²) in [6, 6.07) is 8.23. The summed E-state index contributed by atoms with van der Waals surface area (Å²) in [7, 11) is 1.95. The van der Waals surface area contributed by atoms with Gasteiger partial charge in [-0.05, 0) is 37.1 Å². The number of nitrogens with one attached hydrogen (secondary N) is 1. The number of aryl methyl sites for hydroxylation is 2. The first-order valence-corrected chi connectivity index (χ1v) is 6.65. The Morgan fingerprint density at radius 1 is 1.32 bits per heavy atom. The predicted molar refractivity (Wildman–Crippen MR) is 77.5 cm³/mol. The van der Waals surface area contributed by atoms with Crippen molar-refractivity contribution in [3.8, 4) is 5.75 Å². The molecule has 2 aromatic rings. The molecule has 0 amide bonds. The molecule has 4 heteroatoms. The molecule has 19 heavy (non-hydrogen) atoms. The summed E-state index contributed by atoms with van der Waals surface area (Å²) in [5.74, 6) is 0.920. The first-order chi connectivity index (χ1) is 9.20. The third kappa shape index (κ3) is 3.50. The fraction of sp³-hybridized carbons (Fsp3) is 0.400. The summed E-state index contributed by atoms with van der Waals surface area (Å²) in [6.45, 7) is 5.66. The average molecular weight is 259 g/mol. The minimum atomic E-state index is 0.738. The summed E-state index contributed by atoms with van der Waals surface area (Å²) in [5.41, 5.74) is 3.37. The SMILES string of the molecule is CCCOc1cc(C)ccc1NCc1ccnn1C. The van der Waals surface area contributed by atoms with Gasteiger partial charge in [0.25, 0.3) is 0 Å². The van der Waals surface area contributed by atoms with Crippen LogP contribution in [0.2, 0.25) is 0 Å². The summed E-state index contributed by atoms with van der Waals surface area (Å²) in [5, 5.41) is 7.57. The lowest BCUT2D eigenvalue weighted by Gasteiger charge is -2.13. The average Bonchev–Trinajstić information content (AvgIpc) is 2.81. The number of ether oxygens (including phenoxy) is 1. The fourth-order valence-corrected chi connectivity index (χ4v) is 1.87. The number of rotatable bonds is 6. The normalized spacial score (nSPS) is 10.5. The third-order valence-corrected chi connectivity index (χ3v) is 2.98. The Morgan fingerprint density at radius 2 is 2.16 bits per heavy atom. The van der Waals surface area contributed by atoms with Crippen LogP contribution in [-0.2, 0) is 13.6 Å². The highest BCUT2D eigenvalue weighted by Crippen LogP contribution is 2.26. The van der Waals surface area contributed by atoms with E-state index in [0.29, 0.717) is 0 Å². The van der Waals surface area contributed by atoms with Crippen molar-refractivity contribution in [2.24, 2.45) is 7.05 Å². The highest BCUT2D eigenvalue weighted by atomic mass is 16.5. The van der Waals surface area contributed by atoms with E-state index in [2.05, 4.69) is 42.5 Å². The largest absolute Gasteiger partial charge is 0.491 e. The zero-order valence-electron chi connectivity index (χ0n) is 11.8. The van der Waals surface area contributed by atoms with Crippen molar-refractivity contribution in [3.05, 3.63) is 41.7 Å². The smallest absolute Gasteiger partial charge is 0.142 e. The molecule has 0 saturated heterocycles. The van der Waals surface area contributed by atoms with Gasteiger partial charge in [-0.15, -0.1) is 0 Å². The van der Waals surface area contributed by atoms with Crippen LogP contribution in [0.4, 0.5) is 5.69 Å². The van der Waals surface area contributed by atoms with E-state index in [-0.39, 0.29) is 0 Å². The second-order valence-corrected chi connectivity index (χ2v) is 4.65. The van der Waals surface area contributed by atoms with Crippen LogP contribution in [0.1, 0.15) is 24.6 Å². The van der Waals surface area contributed by atoms with E-state index in [0.717, 1.165) is 36.7 Å². The molecule has 4 nitrogen and oxygen atoms in total. The molecule has 0 unspecified atom stereocenters. The van der Waals surface area contributed by atoms with Crippen molar-refractivity contribution >= 4 is 5.69 Å². The van der Waals surface area contributed by atoms with Gasteiger partial charge in [-0.3, -0.25) is 4.68 Å². The van der Waals surface area contributed by atoms with Crippen LogP contribution in [0.15, 0.2) is 30.5 Å². The van der Waals surface area contributed by atoms with Gasteiger partial charge in [0.1, 0.15) is 5.75 Å². The zero-order valence-corrected chi connectivity index (χ0v) is 11.8. The molecule has 1 N–H and O–H groups in total. The molecular formula is C15H21N3O. The van der Waals surface area contributed by atoms with E-state index in [4.69, 9.17) is 4.74 Å². The van der Waals surface area contributed by atoms with Crippen molar-refractivity contribution < 1.29 is 4.74 Å². The van der Waals surface area contributed by atoms with Crippen molar-refractivity contribution in [2.75, 3.05) is 11.9 Å². The molecule has 2 rings (SSSR count). The Hall–Kier alpha value is -1.97. The van der Waals surface area contributed by atoms with E-state index >= 15 is 0 Å². The van der Waals surface area contributed by atoms with Crippen molar-refractivity contribution in [2.45, 2.75) is 26.8 Å². The molecule has 0 aliphatic carbocycles. The van der Waals surface area contributed by atoms with Crippen LogP contribution in [-0.4, -0.2) is 16.4 Å². The Bertz CT molecular complexity index is 534. The monoisotopic (exact) mass is 259 g/mol. The molecule has 0 atom stereocenters. The van der Waals surface area contributed by atoms with E-state index in [9.17, 15) is 0 Å². The number of aromatic nitrogens is 2. The summed E-state index contributed by atoms with van der Waals surface area (Å²) in [6.07, 6.45) is 2.82. The molecule has 102 valence electrons. The van der Waals surface area contributed by atoms with E-state index < -0.39 is 0 Å². The van der Waals surface area contributed by atoms with Crippen molar-refractivity contribution in [3.63, 3.8) is 0 Å². The maximum absolute atomic E-state index is 5.78. The second kappa shape index (κ2) is 6.27. The number of anilines is 1. The van der Waals surface area contributed by atoms with Gasteiger partial charge in [-0.1, -0.05) is 13.0 Å². The van der Waals surface area contributed by atoms with Gasteiger partial charge >= 0.3 is 0 Å². The standard InChI is InChI=1S/C15H21N3O/c1-4-9-19-15-10-12(2)5-6-14(15)16-11-13-7-8-17-18(13)3/h5-8,10,16H,4,9,11H2,1-3H3. The van der Waals surface area contributed by atoms with E-state index in [1.807, 2.05) is 17.8 Å². The molecule has 0 bridgehead atoms. The highest BCUT2D eigenvalue weighted by Gasteiger charge is 2.05. The maximum Gasteiger partial charge on any atom is 0.142 e. The maximum atomic E-state index is 5.78. The molecule has 0 saturated carbocycles. The molecule has 0 radical (unpaired) electrons. The lowest BCUT2D eigenvalue weighted by atomic mass is 10.2. The van der Waals surface area contributed by atoms with Crippen LogP contribution < -0.4 is 10.1 Å². The number of benzene rings is 1. The zero-order chi connectivity index (χ0) is 13.7. The van der Waals surface area contributed by atoms with E-state index in [1.54, 1.807) is 6.20 Å². The van der Waals surface area contributed by atoms with Gasteiger partial charge in [0, 0.05) is 13.2 Å². The van der Waals surface area contributed by atoms with Gasteiger partial charge < -0.3 is 10.1 Å². The van der Waals surface area contributed by atoms with Gasteiger partial charge in [-0.2, -0.15) is 5.10 Å². The third-order valence-electron chi connectivity index (χ3n) is 2.98. The lowest BCUT2D eigenvalue weighted by Crippen LogP contribution is -2.07. The van der Waals surface area contributed by atoms with Crippen molar-refractivity contribution in [1.82, 2.24) is 9.78 Å². The van der Waals surface area contributed by atoms with Crippen LogP contribution in [0.25, 0.3) is 0 Å². The van der Waals surface area contributed by atoms with Gasteiger partial charge in [-0.25, -0.2) is 0 Å². The Labute approximate surface area is 114 Å². The minimum absolute atomic E-state index is 0.738. The Kier molecular flexibility index (Phi) is 4.44. The number of hydrogen-bond donors (Lipinski definition) is 1. The first kappa shape index (κ1) is 13.5.